The van der Waals surface area contributed by atoms with Crippen LogP contribution in [0.5, 0.6) is 0 Å². The van der Waals surface area contributed by atoms with Crippen LogP contribution in [0.4, 0.5) is 5.69 Å². The van der Waals surface area contributed by atoms with Crippen LogP contribution >= 0.6 is 0 Å². The average molecular weight is 345 g/mol. The second-order valence-corrected chi connectivity index (χ2v) is 6.98. The van der Waals surface area contributed by atoms with Gasteiger partial charge in [0.2, 0.25) is 0 Å². The Morgan fingerprint density at radius 1 is 1.33 bits per heavy atom. The molecule has 2 rings (SSSR count). The van der Waals surface area contributed by atoms with E-state index in [1.807, 2.05) is 24.3 Å². The van der Waals surface area contributed by atoms with E-state index in [2.05, 4.69) is 4.29 Å². The minimum absolute atomic E-state index is 0.600. The van der Waals surface area contributed by atoms with Crippen molar-refractivity contribution >= 4 is 30.2 Å². The number of benzene rings is 1. The topological polar surface area (TPSA) is 81.7 Å². The predicted molar refractivity (Wildman–Crippen MR) is 45.1 cm³/mol. The van der Waals surface area contributed by atoms with Crippen molar-refractivity contribution in [1.29, 1.82) is 0 Å². The molecule has 1 aromatic carbocycles. The summed E-state index contributed by atoms with van der Waals surface area (Å²) >= 11 is -0.820. The molecule has 0 N–H and O–H groups in total. The van der Waals surface area contributed by atoms with E-state index >= 15 is 0 Å². The Morgan fingerprint density at radius 2 is 2.00 bits per heavy atom. The Morgan fingerprint density at radius 3 is 2.60 bits per heavy atom. The summed E-state index contributed by atoms with van der Waals surface area (Å²) in [6.45, 7) is 0. The fourth-order valence-electron chi connectivity index (χ4n) is 1.32. The number of hydrogen-bond donors (Lipinski definition) is 0. The molecule has 0 aliphatic carbocycles. The molecule has 1 aliphatic heterocycles. The van der Waals surface area contributed by atoms with Gasteiger partial charge in [-0.25, -0.2) is 0 Å². The van der Waals surface area contributed by atoms with Crippen LogP contribution in [0.15, 0.2) is 24.3 Å². The van der Waals surface area contributed by atoms with Gasteiger partial charge in [-0.2, -0.15) is 0 Å². The zero-order valence-electron chi connectivity index (χ0n) is 7.75. The average Bonchev–Trinajstić information content (AvgIpc) is 2.42. The molecule has 1 aromatic rings. The van der Waals surface area contributed by atoms with Crippen LogP contribution in [0.2, 0.25) is 0 Å². The molecular formula is C8H8ClNO4Te. The molecule has 5 nitrogen and oxygen atoms in total. The van der Waals surface area contributed by atoms with Crippen LogP contribution in [-0.2, 0) is 4.29 Å². The SMILES string of the molecule is CN1c2ccccc2[Te]C1O[Cl+3]([O-])([O-])[O-]. The molecule has 0 aromatic heterocycles. The van der Waals surface area contributed by atoms with Gasteiger partial charge in [0.1, 0.15) is 0 Å². The zero-order valence-corrected chi connectivity index (χ0v) is 10.8. The van der Waals surface area contributed by atoms with Gasteiger partial charge >= 0.3 is 99.2 Å². The summed E-state index contributed by atoms with van der Waals surface area (Å²) in [6, 6.07) is 7.58. The molecule has 7 heteroatoms. The number of para-hydroxylation sites is 1. The summed E-state index contributed by atoms with van der Waals surface area (Å²) < 4.78 is 36.4. The maximum atomic E-state index is 10.5. The first-order valence-corrected chi connectivity index (χ1v) is 7.79. The van der Waals surface area contributed by atoms with Crippen LogP contribution in [0.25, 0.3) is 0 Å². The second kappa shape index (κ2) is 4.07. The zero-order chi connectivity index (χ0) is 11.1. The van der Waals surface area contributed by atoms with Crippen LogP contribution in [0.3, 0.4) is 0 Å². The molecule has 0 fully saturated rings. The molecule has 82 valence electrons. The summed E-state index contributed by atoms with van der Waals surface area (Å²) in [5.74, 6) is 0. The molecule has 0 radical (unpaired) electrons. The monoisotopic (exact) mass is 347 g/mol. The molecule has 1 unspecified atom stereocenters. The Bertz CT molecular complexity index is 370. The fraction of sp³-hybridized carbons (Fsp3) is 0.250. The van der Waals surface area contributed by atoms with Gasteiger partial charge in [-0.1, -0.05) is 0 Å². The van der Waals surface area contributed by atoms with Gasteiger partial charge in [-0.15, -0.1) is 0 Å². The summed E-state index contributed by atoms with van der Waals surface area (Å²) in [5, 5.41) is 0. The van der Waals surface area contributed by atoms with E-state index in [4.69, 9.17) is 0 Å². The Balaban J connectivity index is 2.17. The van der Waals surface area contributed by atoms with Crippen molar-refractivity contribution in [2.45, 2.75) is 4.28 Å². The van der Waals surface area contributed by atoms with Crippen molar-refractivity contribution in [2.24, 2.45) is 0 Å². The summed E-state index contributed by atoms with van der Waals surface area (Å²) in [6.07, 6.45) is 0. The number of nitrogens with zero attached hydrogens (tertiary/aromatic N) is 1. The molecule has 0 bridgehead atoms. The van der Waals surface area contributed by atoms with Crippen LogP contribution < -0.4 is 22.5 Å². The predicted octanol–water partition coefficient (Wildman–Crippen LogP) is -3.34. The van der Waals surface area contributed by atoms with Crippen molar-refractivity contribution in [1.82, 2.24) is 0 Å². The van der Waals surface area contributed by atoms with Gasteiger partial charge in [-0.3, -0.25) is 0 Å². The van der Waals surface area contributed by atoms with Gasteiger partial charge in [0.15, 0.2) is 0 Å². The molecule has 0 saturated carbocycles. The van der Waals surface area contributed by atoms with E-state index in [1.54, 1.807) is 11.9 Å². The van der Waals surface area contributed by atoms with Crippen molar-refractivity contribution in [3.8, 4) is 0 Å². The normalized spacial score (nSPS) is 20.5. The van der Waals surface area contributed by atoms with Crippen molar-refractivity contribution < 1.29 is 28.5 Å². The molecule has 1 aliphatic rings. The third kappa shape index (κ3) is 2.55. The molecule has 0 saturated heterocycles. The van der Waals surface area contributed by atoms with E-state index in [9.17, 15) is 14.0 Å². The summed E-state index contributed by atoms with van der Waals surface area (Å²) in [7, 11) is -2.62. The number of fused-ring (bicyclic) bond motifs is 1. The van der Waals surface area contributed by atoms with E-state index in [1.165, 1.54) is 0 Å². The number of halogens is 1. The Hall–Kier alpha value is -0.0604. The first-order valence-electron chi connectivity index (χ1n) is 4.05. The Kier molecular flexibility index (Phi) is 3.10. The number of anilines is 1. The molecule has 1 heterocycles. The van der Waals surface area contributed by atoms with E-state index in [0.29, 0.717) is 0 Å². The minimum atomic E-state index is -4.34. The third-order valence-electron chi connectivity index (χ3n) is 1.97. The van der Waals surface area contributed by atoms with Gasteiger partial charge in [0.05, 0.1) is 0 Å². The van der Waals surface area contributed by atoms with Gasteiger partial charge in [0.25, 0.3) is 0 Å². The molecule has 15 heavy (non-hydrogen) atoms. The molecule has 0 spiro atoms. The van der Waals surface area contributed by atoms with Crippen molar-refractivity contribution in [3.63, 3.8) is 0 Å². The van der Waals surface area contributed by atoms with E-state index in [-0.39, 0.29) is 0 Å². The van der Waals surface area contributed by atoms with Gasteiger partial charge in [0, 0.05) is 0 Å². The number of hydrogen-bond acceptors (Lipinski definition) is 5. The summed E-state index contributed by atoms with van der Waals surface area (Å²) in [4.78, 5) is 1.69. The fourth-order valence-corrected chi connectivity index (χ4v) is 5.53. The number of rotatable bonds is 2. The van der Waals surface area contributed by atoms with Crippen LogP contribution in [0, 0.1) is 10.2 Å². The standard InChI is InChI=1S/C8H8ClNO4Te/c1-10-6-4-2-3-5-7(6)15-8(10)14-9(11,12)13/h2-5,8H,1H3. The first-order chi connectivity index (χ1) is 6.97. The quantitative estimate of drug-likeness (QED) is 0.524. The molecule has 0 amide bonds. The third-order valence-corrected chi connectivity index (χ3v) is 6.16. The van der Waals surface area contributed by atoms with Gasteiger partial charge < -0.3 is 0 Å². The van der Waals surface area contributed by atoms with Crippen LogP contribution in [0.1, 0.15) is 0 Å². The van der Waals surface area contributed by atoms with Crippen LogP contribution in [-0.4, -0.2) is 32.2 Å². The van der Waals surface area contributed by atoms with E-state index < -0.39 is 35.4 Å². The maximum absolute atomic E-state index is 10.5. The molecular weight excluding hydrogens is 337 g/mol. The first kappa shape index (κ1) is 11.4. The second-order valence-electron chi connectivity index (χ2n) is 2.97. The summed E-state index contributed by atoms with van der Waals surface area (Å²) in [5.41, 5.74) is 0.948. The van der Waals surface area contributed by atoms with Crippen molar-refractivity contribution in [3.05, 3.63) is 24.3 Å². The van der Waals surface area contributed by atoms with Gasteiger partial charge in [-0.05, 0) is 0 Å². The molecule has 1 atom stereocenters. The Labute approximate surface area is 99.1 Å². The van der Waals surface area contributed by atoms with E-state index in [0.717, 1.165) is 9.30 Å². The van der Waals surface area contributed by atoms with Crippen molar-refractivity contribution in [2.75, 3.05) is 11.9 Å².